The summed E-state index contributed by atoms with van der Waals surface area (Å²) in [5.74, 6) is 0.141. The van der Waals surface area contributed by atoms with Gasteiger partial charge in [0.25, 0.3) is 0 Å². The molecule has 0 spiro atoms. The molecule has 4 rings (SSSR count). The number of rotatable bonds is 5. The largest absolute Gasteiger partial charge is 0.424 e. The fraction of sp³-hybridized carbons (Fsp3) is 0.143. The van der Waals surface area contributed by atoms with E-state index in [1.807, 2.05) is 48.5 Å². The van der Waals surface area contributed by atoms with E-state index in [2.05, 4.69) is 27.6 Å². The molecule has 5 heteroatoms. The Labute approximate surface area is 151 Å². The minimum Gasteiger partial charge on any atom is -0.424 e. The van der Waals surface area contributed by atoms with E-state index >= 15 is 0 Å². The van der Waals surface area contributed by atoms with Gasteiger partial charge in [0.05, 0.1) is 6.54 Å². The van der Waals surface area contributed by atoms with Crippen LogP contribution in [0.15, 0.2) is 66.4 Å². The summed E-state index contributed by atoms with van der Waals surface area (Å²) in [5.41, 5.74) is 4.51. The van der Waals surface area contributed by atoms with E-state index in [0.717, 1.165) is 29.8 Å². The van der Waals surface area contributed by atoms with Gasteiger partial charge in [0.1, 0.15) is 5.76 Å². The number of aromatic nitrogens is 2. The van der Waals surface area contributed by atoms with Crippen LogP contribution in [0.4, 0.5) is 5.69 Å². The number of hydrogen-bond donors (Lipinski definition) is 2. The second-order valence-electron chi connectivity index (χ2n) is 6.20. The molecule has 1 aliphatic rings. The van der Waals surface area contributed by atoms with Crippen LogP contribution in [-0.2, 0) is 17.6 Å². The maximum Gasteiger partial charge on any atom is 0.363 e. The summed E-state index contributed by atoms with van der Waals surface area (Å²) in [6.07, 6.45) is 3.57. The van der Waals surface area contributed by atoms with Crippen molar-refractivity contribution in [2.24, 2.45) is 0 Å². The zero-order valence-corrected chi connectivity index (χ0v) is 14.2. The molecule has 26 heavy (non-hydrogen) atoms. The number of anilines is 1. The number of aryl methyl sites for hydroxylation is 2. The first-order valence-electron chi connectivity index (χ1n) is 8.62. The predicted molar refractivity (Wildman–Crippen MR) is 101 cm³/mol. The van der Waals surface area contributed by atoms with Crippen LogP contribution in [0, 0.1) is 0 Å². The van der Waals surface area contributed by atoms with Crippen LogP contribution in [-0.4, -0.2) is 22.7 Å². The van der Waals surface area contributed by atoms with E-state index < -0.39 is 5.97 Å². The third kappa shape index (κ3) is 3.67. The highest BCUT2D eigenvalue weighted by Gasteiger charge is 2.17. The fourth-order valence-electron chi connectivity index (χ4n) is 2.95. The molecule has 0 amide bonds. The molecule has 5 nitrogen and oxygen atoms in total. The molecule has 0 fully saturated rings. The molecule has 0 saturated carbocycles. The molecule has 0 saturated heterocycles. The number of ether oxygens (including phenoxy) is 1. The number of aromatic amines is 1. The fourth-order valence-corrected chi connectivity index (χ4v) is 2.95. The Morgan fingerprint density at radius 1 is 1.04 bits per heavy atom. The van der Waals surface area contributed by atoms with Gasteiger partial charge in [-0.25, -0.2) is 4.79 Å². The highest BCUT2D eigenvalue weighted by Crippen LogP contribution is 2.24. The van der Waals surface area contributed by atoms with Crippen molar-refractivity contribution in [3.8, 4) is 0 Å². The summed E-state index contributed by atoms with van der Waals surface area (Å²) in [6, 6.07) is 19.9. The molecule has 0 atom stereocenters. The monoisotopic (exact) mass is 345 g/mol. The lowest BCUT2D eigenvalue weighted by Crippen LogP contribution is -2.16. The minimum absolute atomic E-state index is 0.299. The third-order valence-electron chi connectivity index (χ3n) is 4.32. The lowest BCUT2D eigenvalue weighted by molar-refractivity contribution is 0.0620. The number of hydrogen-bond acceptors (Lipinski definition) is 4. The van der Waals surface area contributed by atoms with Crippen LogP contribution in [0.25, 0.3) is 6.08 Å². The van der Waals surface area contributed by atoms with Gasteiger partial charge in [0.15, 0.2) is 5.69 Å². The molecule has 0 unspecified atom stereocenters. The third-order valence-corrected chi connectivity index (χ3v) is 4.32. The summed E-state index contributed by atoms with van der Waals surface area (Å²) < 4.78 is 5.49. The van der Waals surface area contributed by atoms with Gasteiger partial charge >= 0.3 is 5.97 Å². The lowest BCUT2D eigenvalue weighted by atomic mass is 10.1. The van der Waals surface area contributed by atoms with Gasteiger partial charge in [0.2, 0.25) is 0 Å². The number of para-hydroxylation sites is 1. The Kier molecular flexibility index (Phi) is 4.51. The van der Waals surface area contributed by atoms with Crippen molar-refractivity contribution in [3.63, 3.8) is 0 Å². The molecule has 0 radical (unpaired) electrons. The maximum absolute atomic E-state index is 12.3. The van der Waals surface area contributed by atoms with E-state index in [4.69, 9.17) is 4.74 Å². The first kappa shape index (κ1) is 16.1. The zero-order valence-electron chi connectivity index (χ0n) is 14.2. The Morgan fingerprint density at radius 2 is 1.85 bits per heavy atom. The van der Waals surface area contributed by atoms with Crippen LogP contribution < -0.4 is 5.32 Å². The molecule has 130 valence electrons. The van der Waals surface area contributed by atoms with Crippen molar-refractivity contribution in [1.29, 1.82) is 0 Å². The van der Waals surface area contributed by atoms with Crippen molar-refractivity contribution < 1.29 is 9.53 Å². The molecule has 2 heterocycles. The number of carbonyl (C=O) groups is 1. The van der Waals surface area contributed by atoms with E-state index in [1.54, 1.807) is 6.07 Å². The van der Waals surface area contributed by atoms with Crippen LogP contribution in [0.3, 0.4) is 0 Å². The van der Waals surface area contributed by atoms with Crippen molar-refractivity contribution >= 4 is 17.7 Å². The van der Waals surface area contributed by atoms with E-state index in [9.17, 15) is 4.79 Å². The second kappa shape index (κ2) is 7.27. The zero-order chi connectivity index (χ0) is 17.8. The summed E-state index contributed by atoms with van der Waals surface area (Å²) in [7, 11) is 0. The van der Waals surface area contributed by atoms with Gasteiger partial charge in [-0.3, -0.25) is 5.10 Å². The lowest BCUT2D eigenvalue weighted by Gasteiger charge is -2.17. The summed E-state index contributed by atoms with van der Waals surface area (Å²) in [4.78, 5) is 12.3. The highest BCUT2D eigenvalue weighted by molar-refractivity contribution is 5.89. The number of nitrogens with zero attached hydrogens (tertiary/aromatic N) is 1. The first-order valence-corrected chi connectivity index (χ1v) is 8.62. The Hall–Kier alpha value is -3.34. The summed E-state index contributed by atoms with van der Waals surface area (Å²) >= 11 is 0. The molecular formula is C21H19N3O2. The summed E-state index contributed by atoms with van der Waals surface area (Å²) in [6.45, 7) is 0.480. The summed E-state index contributed by atoms with van der Waals surface area (Å²) in [5, 5.41) is 10.3. The first-order chi connectivity index (χ1) is 12.8. The van der Waals surface area contributed by atoms with Crippen LogP contribution >= 0.6 is 0 Å². The molecular weight excluding hydrogens is 326 g/mol. The van der Waals surface area contributed by atoms with Crippen LogP contribution in [0.1, 0.15) is 27.3 Å². The predicted octanol–water partition coefficient (Wildman–Crippen LogP) is 3.82. The van der Waals surface area contributed by atoms with Gasteiger partial charge in [-0.1, -0.05) is 48.5 Å². The number of benzene rings is 2. The second-order valence-corrected chi connectivity index (χ2v) is 6.20. The molecule has 0 aliphatic carbocycles. The van der Waals surface area contributed by atoms with Crippen LogP contribution in [0.5, 0.6) is 0 Å². The molecule has 1 aliphatic heterocycles. The molecule has 1 aromatic heterocycles. The molecule has 2 aromatic carbocycles. The topological polar surface area (TPSA) is 67.0 Å². The van der Waals surface area contributed by atoms with Crippen molar-refractivity contribution in [2.75, 3.05) is 11.9 Å². The minimum atomic E-state index is -0.445. The normalized spacial score (nSPS) is 12.7. The number of nitrogens with one attached hydrogen (secondary N) is 2. The molecule has 3 aromatic rings. The Balaban J connectivity index is 1.39. The van der Waals surface area contributed by atoms with E-state index in [1.165, 1.54) is 5.56 Å². The van der Waals surface area contributed by atoms with Crippen molar-refractivity contribution in [3.05, 3.63) is 88.9 Å². The number of H-pyrrole nitrogens is 1. The van der Waals surface area contributed by atoms with Gasteiger partial charge in [0, 0.05) is 16.9 Å². The van der Waals surface area contributed by atoms with Crippen LogP contribution in [0.2, 0.25) is 0 Å². The smallest absolute Gasteiger partial charge is 0.363 e. The average Bonchev–Trinajstić information content (AvgIpc) is 3.16. The molecule has 0 bridgehead atoms. The number of carbonyl (C=O) groups excluding carboxylic acids is 1. The van der Waals surface area contributed by atoms with Crippen molar-refractivity contribution in [2.45, 2.75) is 12.8 Å². The quantitative estimate of drug-likeness (QED) is 0.690. The Morgan fingerprint density at radius 3 is 2.73 bits per heavy atom. The van der Waals surface area contributed by atoms with E-state index in [0.29, 0.717) is 18.0 Å². The van der Waals surface area contributed by atoms with Gasteiger partial charge in [-0.2, -0.15) is 5.10 Å². The van der Waals surface area contributed by atoms with Crippen molar-refractivity contribution in [1.82, 2.24) is 10.2 Å². The maximum atomic E-state index is 12.3. The average molecular weight is 345 g/mol. The standard InChI is InChI=1S/C21H19N3O2/c25-21(26-18-12-16-8-4-5-9-19(16)22-14-18)20-13-17(23-24-20)11-10-15-6-2-1-3-7-15/h1-9,12-13,22H,10-11,14H2,(H,23,24). The highest BCUT2D eigenvalue weighted by atomic mass is 16.5. The van der Waals surface area contributed by atoms with Gasteiger partial charge in [-0.05, 0) is 36.6 Å². The Bertz CT molecular complexity index is 945. The van der Waals surface area contributed by atoms with Gasteiger partial charge < -0.3 is 10.1 Å². The number of esters is 1. The SMILES string of the molecule is O=C(OC1=Cc2ccccc2NC1)c1cc(CCc2ccccc2)[nH]n1. The number of fused-ring (bicyclic) bond motifs is 1. The molecule has 2 N–H and O–H groups in total. The van der Waals surface area contributed by atoms with E-state index in [-0.39, 0.29) is 0 Å². The van der Waals surface area contributed by atoms with Gasteiger partial charge in [-0.15, -0.1) is 0 Å².